The smallest absolute Gasteiger partial charge is 0.232 e. The van der Waals surface area contributed by atoms with Gasteiger partial charge >= 0.3 is 0 Å². The lowest BCUT2D eigenvalue weighted by Crippen LogP contribution is -2.37. The Labute approximate surface area is 274 Å². The van der Waals surface area contributed by atoms with Crippen LogP contribution in [0.15, 0.2) is 72.3 Å². The van der Waals surface area contributed by atoms with Crippen LogP contribution >= 0.6 is 24.0 Å². The summed E-state index contributed by atoms with van der Waals surface area (Å²) in [5, 5.41) is 6.20. The van der Waals surface area contributed by atoms with E-state index in [1.165, 1.54) is 35.6 Å². The quantitative estimate of drug-likeness (QED) is 0.155. The summed E-state index contributed by atoms with van der Waals surface area (Å²) in [6.07, 6.45) is 6.25. The van der Waals surface area contributed by atoms with E-state index in [-0.39, 0.29) is 24.1 Å². The van der Waals surface area contributed by atoms with Gasteiger partial charge in [-0.2, -0.15) is 12.6 Å². The van der Waals surface area contributed by atoms with Gasteiger partial charge < -0.3 is 19.7 Å². The monoisotopic (exact) mass is 656 g/mol. The number of hydrogen-bond donors (Lipinski definition) is 2. The second-order valence-electron chi connectivity index (χ2n) is 11.0. The van der Waals surface area contributed by atoms with Crippen LogP contribution in [0.2, 0.25) is 0 Å². The molecule has 234 valence electrons. The van der Waals surface area contributed by atoms with Gasteiger partial charge in [0.05, 0.1) is 30.4 Å². The Balaban J connectivity index is 1.50. The molecule has 0 radical (unpaired) electrons. The number of rotatable bonds is 2. The lowest BCUT2D eigenvalue weighted by atomic mass is 9.94. The summed E-state index contributed by atoms with van der Waals surface area (Å²) in [6, 6.07) is 13.2. The van der Waals surface area contributed by atoms with E-state index in [9.17, 15) is 13.6 Å². The fourth-order valence-electron chi connectivity index (χ4n) is 5.93. The number of thiophene rings is 1. The number of pyridine rings is 2. The van der Waals surface area contributed by atoms with Crippen molar-refractivity contribution in [3.63, 3.8) is 0 Å². The van der Waals surface area contributed by atoms with Crippen molar-refractivity contribution < 1.29 is 23.0 Å². The van der Waals surface area contributed by atoms with E-state index in [2.05, 4.69) is 17.9 Å². The zero-order valence-corrected chi connectivity index (χ0v) is 26.5. The molecule has 2 bridgehead atoms. The van der Waals surface area contributed by atoms with Crippen LogP contribution in [-0.2, 0) is 22.5 Å². The van der Waals surface area contributed by atoms with Gasteiger partial charge in [-0.05, 0) is 53.4 Å². The van der Waals surface area contributed by atoms with E-state index in [4.69, 9.17) is 19.4 Å². The molecule has 0 aliphatic carbocycles. The Morgan fingerprint density at radius 1 is 1.02 bits per heavy atom. The molecule has 5 aromatic rings. The van der Waals surface area contributed by atoms with Crippen LogP contribution in [0, 0.1) is 11.6 Å². The van der Waals surface area contributed by atoms with Crippen LogP contribution in [0.5, 0.6) is 5.75 Å². The van der Waals surface area contributed by atoms with Gasteiger partial charge in [-0.25, -0.2) is 13.8 Å². The summed E-state index contributed by atoms with van der Waals surface area (Å²) in [7, 11) is 0. The van der Waals surface area contributed by atoms with E-state index in [1.807, 2.05) is 29.7 Å². The van der Waals surface area contributed by atoms with Crippen molar-refractivity contribution >= 4 is 45.6 Å². The second-order valence-corrected chi connectivity index (χ2v) is 12.2. The third-order valence-corrected chi connectivity index (χ3v) is 9.34. The third-order valence-electron chi connectivity index (χ3n) is 8.13. The molecule has 0 spiro atoms. The highest BCUT2D eigenvalue weighted by atomic mass is 32.1. The van der Waals surface area contributed by atoms with Gasteiger partial charge in [0.25, 0.3) is 0 Å². The number of anilines is 1. The topological polar surface area (TPSA) is 76.6 Å². The number of nitrogens with one attached hydrogen (secondary N) is 1. The maximum absolute atomic E-state index is 14.7. The molecule has 2 aliphatic heterocycles. The molecule has 7 rings (SSSR count). The average Bonchev–Trinajstić information content (AvgIpc) is 3.56. The van der Waals surface area contributed by atoms with Gasteiger partial charge in [0, 0.05) is 82.0 Å². The molecule has 0 fully saturated rings. The minimum Gasteiger partial charge on any atom is -0.490 e. The second kappa shape index (κ2) is 13.2. The zero-order chi connectivity index (χ0) is 31.6. The minimum absolute atomic E-state index is 0.0345. The van der Waals surface area contributed by atoms with Crippen LogP contribution in [-0.4, -0.2) is 59.4 Å². The van der Waals surface area contributed by atoms with E-state index in [0.717, 1.165) is 38.0 Å². The van der Waals surface area contributed by atoms with Gasteiger partial charge in [-0.3, -0.25) is 9.78 Å². The number of amides is 1. The summed E-state index contributed by atoms with van der Waals surface area (Å²) >= 11 is 5.73. The predicted octanol–water partition coefficient (Wildman–Crippen LogP) is 7.16. The van der Waals surface area contributed by atoms with Crippen molar-refractivity contribution in [2.45, 2.75) is 13.0 Å². The summed E-state index contributed by atoms with van der Waals surface area (Å²) in [4.78, 5) is 24.4. The molecule has 7 nitrogen and oxygen atoms in total. The Hall–Kier alpha value is -4.32. The van der Waals surface area contributed by atoms with E-state index in [1.54, 1.807) is 23.2 Å². The number of benzene rings is 2. The molecule has 0 saturated carbocycles. The Kier molecular flexibility index (Phi) is 8.70. The molecule has 46 heavy (non-hydrogen) atoms. The molecule has 0 unspecified atom stereocenters. The zero-order valence-electron chi connectivity index (χ0n) is 24.8. The lowest BCUT2D eigenvalue weighted by molar-refractivity contribution is -0.129. The van der Waals surface area contributed by atoms with Crippen LogP contribution in [0.4, 0.5) is 14.5 Å². The first-order valence-electron chi connectivity index (χ1n) is 15.0. The standard InChI is InChI=1S/C35H30F2N4O3S2/c36-23-3-5-25-29(16-23)38-9-1-2-11-43-12-13-44-30-17-24(37)4-6-26(30)32-33(40-34(25)27-8-14-46-35(27)32)21-15-22-19-41(31(42)20-45)10-7-28(22)39-18-21/h1-6,8,14-18,38,45H,7,9-13,19-20H2/b2-1+. The molecule has 1 N–H and O–H groups in total. The van der Waals surface area contributed by atoms with Crippen molar-refractivity contribution in [1.82, 2.24) is 14.9 Å². The summed E-state index contributed by atoms with van der Waals surface area (Å²) < 4.78 is 42.1. The lowest BCUT2D eigenvalue weighted by Gasteiger charge is -2.28. The Morgan fingerprint density at radius 3 is 2.74 bits per heavy atom. The first kappa shape index (κ1) is 30.3. The molecule has 2 aromatic carbocycles. The molecule has 2 aliphatic rings. The van der Waals surface area contributed by atoms with Crippen molar-refractivity contribution in [2.24, 2.45) is 0 Å². The number of aromatic nitrogens is 2. The van der Waals surface area contributed by atoms with E-state index >= 15 is 0 Å². The van der Waals surface area contributed by atoms with E-state index in [0.29, 0.717) is 67.7 Å². The number of nitrogens with zero attached hydrogens (tertiary/aromatic N) is 3. The van der Waals surface area contributed by atoms with Crippen LogP contribution in [0.25, 0.3) is 43.7 Å². The maximum atomic E-state index is 14.7. The number of fused-ring (bicyclic) bond motifs is 5. The van der Waals surface area contributed by atoms with Gasteiger partial charge in [0.2, 0.25) is 5.91 Å². The Morgan fingerprint density at radius 2 is 1.87 bits per heavy atom. The van der Waals surface area contributed by atoms with Crippen molar-refractivity contribution in [1.29, 1.82) is 0 Å². The first-order chi connectivity index (χ1) is 22.5. The normalized spacial score (nSPS) is 15.7. The van der Waals surface area contributed by atoms with Crippen molar-refractivity contribution in [3.8, 4) is 39.4 Å². The molecular weight excluding hydrogens is 627 g/mol. The van der Waals surface area contributed by atoms with Crippen LogP contribution in [0.1, 0.15) is 11.3 Å². The molecule has 5 heterocycles. The number of carbonyl (C=O) groups is 1. The predicted molar refractivity (Wildman–Crippen MR) is 181 cm³/mol. The number of carbonyl (C=O) groups excluding carboxylic acids is 1. The molecule has 0 atom stereocenters. The average molecular weight is 657 g/mol. The number of thiol groups is 1. The number of halogens is 2. The Bertz CT molecular complexity index is 1980. The fourth-order valence-corrected chi connectivity index (χ4v) is 7.09. The van der Waals surface area contributed by atoms with Crippen molar-refractivity contribution in [2.75, 3.05) is 44.0 Å². The first-order valence-corrected chi connectivity index (χ1v) is 16.5. The van der Waals surface area contributed by atoms with Gasteiger partial charge in [0.15, 0.2) is 0 Å². The SMILES string of the molecule is O=C(CS)N1CCc2ncc(-c3nc4c5ccsc5c3-c3ccc(F)cc3OCCOC/C=C/CNc3cc(F)ccc3-4)cc2C1. The molecular formula is C35H30F2N4O3S2. The fraction of sp³-hybridized carbons (Fsp3) is 0.229. The molecule has 3 aromatic heterocycles. The molecule has 1 amide bonds. The maximum Gasteiger partial charge on any atom is 0.232 e. The van der Waals surface area contributed by atoms with Gasteiger partial charge in [-0.1, -0.05) is 12.2 Å². The highest BCUT2D eigenvalue weighted by Gasteiger charge is 2.26. The molecule has 11 heteroatoms. The highest BCUT2D eigenvalue weighted by molar-refractivity contribution is 7.81. The molecule has 0 saturated heterocycles. The third kappa shape index (κ3) is 5.97. The number of ether oxygens (including phenoxy) is 2. The number of hydrogen-bond acceptors (Lipinski definition) is 8. The largest absolute Gasteiger partial charge is 0.490 e. The van der Waals surface area contributed by atoms with Crippen molar-refractivity contribution in [3.05, 3.63) is 95.2 Å². The minimum atomic E-state index is -0.423. The summed E-state index contributed by atoms with van der Waals surface area (Å²) in [5.41, 5.74) is 6.67. The van der Waals surface area contributed by atoms with Gasteiger partial charge in [0.1, 0.15) is 24.0 Å². The van der Waals surface area contributed by atoms with Crippen LogP contribution < -0.4 is 10.1 Å². The summed E-state index contributed by atoms with van der Waals surface area (Å²) in [6.45, 7) is 2.35. The van der Waals surface area contributed by atoms with Crippen LogP contribution in [0.3, 0.4) is 0 Å². The van der Waals surface area contributed by atoms with E-state index < -0.39 is 5.82 Å². The summed E-state index contributed by atoms with van der Waals surface area (Å²) in [5.74, 6) is -0.319. The van der Waals surface area contributed by atoms with Gasteiger partial charge in [-0.15, -0.1) is 11.3 Å². The highest BCUT2D eigenvalue weighted by Crippen LogP contribution is 2.47.